The predicted molar refractivity (Wildman–Crippen MR) is 117 cm³/mol. The Morgan fingerprint density at radius 3 is 2.91 bits per heavy atom. The lowest BCUT2D eigenvalue weighted by Crippen LogP contribution is -2.39. The van der Waals surface area contributed by atoms with Crippen LogP contribution < -0.4 is 5.32 Å². The molecule has 0 radical (unpaired) electrons. The SMILES string of the molecule is Cc1coc(-c2cnc3[nH]ccc3c2NC2CC(CS(=O)(=O)c3cc(C#N)ccn3)C2)n1. The summed E-state index contributed by atoms with van der Waals surface area (Å²) in [6, 6.07) is 6.83. The van der Waals surface area contributed by atoms with Crippen molar-refractivity contribution in [2.45, 2.75) is 30.8 Å². The summed E-state index contributed by atoms with van der Waals surface area (Å²) < 4.78 is 31.0. The molecule has 0 atom stereocenters. The van der Waals surface area contributed by atoms with Crippen LogP contribution in [0.1, 0.15) is 24.1 Å². The molecule has 1 aliphatic carbocycles. The van der Waals surface area contributed by atoms with Crippen LogP contribution in [0.5, 0.6) is 0 Å². The van der Waals surface area contributed by atoms with E-state index in [1.54, 1.807) is 12.5 Å². The van der Waals surface area contributed by atoms with Crippen molar-refractivity contribution >= 4 is 26.6 Å². The van der Waals surface area contributed by atoms with E-state index in [2.05, 4.69) is 25.3 Å². The monoisotopic (exact) mass is 448 g/mol. The molecule has 1 aliphatic rings. The van der Waals surface area contributed by atoms with E-state index in [1.807, 2.05) is 25.3 Å². The Morgan fingerprint density at radius 1 is 1.31 bits per heavy atom. The number of oxazole rings is 1. The quantitative estimate of drug-likeness (QED) is 0.457. The molecule has 4 aromatic heterocycles. The standard InChI is InChI=1S/C22H20N6O3S/c1-13-11-31-22(27-13)18-10-26-21-17(3-5-25-21)20(18)28-16-6-15(7-16)12-32(29,30)19-8-14(9-23)2-4-24-19/h2-5,8,10-11,15-16H,6-7,12H2,1H3,(H2,25,26,28). The number of nitrogens with one attached hydrogen (secondary N) is 2. The fourth-order valence-electron chi connectivity index (χ4n) is 4.04. The average Bonchev–Trinajstić information content (AvgIpc) is 3.41. The summed E-state index contributed by atoms with van der Waals surface area (Å²) in [5.41, 5.74) is 3.45. The molecule has 32 heavy (non-hydrogen) atoms. The molecule has 9 nitrogen and oxygen atoms in total. The second kappa shape index (κ2) is 7.76. The Hall–Kier alpha value is -3.71. The van der Waals surface area contributed by atoms with Crippen LogP contribution in [0, 0.1) is 24.2 Å². The fourth-order valence-corrected chi connectivity index (χ4v) is 5.63. The molecule has 0 aliphatic heterocycles. The van der Waals surface area contributed by atoms with Crippen molar-refractivity contribution in [2.75, 3.05) is 11.1 Å². The van der Waals surface area contributed by atoms with E-state index < -0.39 is 9.84 Å². The summed E-state index contributed by atoms with van der Waals surface area (Å²) in [7, 11) is -3.55. The molecular weight excluding hydrogens is 428 g/mol. The molecule has 10 heteroatoms. The van der Waals surface area contributed by atoms with Gasteiger partial charge in [0.1, 0.15) is 11.9 Å². The lowest BCUT2D eigenvalue weighted by atomic mass is 9.81. The highest BCUT2D eigenvalue weighted by Gasteiger charge is 2.34. The highest BCUT2D eigenvalue weighted by molar-refractivity contribution is 7.91. The molecule has 0 saturated heterocycles. The summed E-state index contributed by atoms with van der Waals surface area (Å²) in [6.07, 6.45) is 7.91. The van der Waals surface area contributed by atoms with E-state index in [-0.39, 0.29) is 28.3 Å². The Bertz CT molecular complexity index is 1440. The molecule has 1 fully saturated rings. The molecule has 4 aromatic rings. The topological polar surface area (TPSA) is 138 Å². The van der Waals surface area contributed by atoms with Crippen LogP contribution in [0.2, 0.25) is 0 Å². The zero-order valence-electron chi connectivity index (χ0n) is 17.2. The average molecular weight is 449 g/mol. The first-order valence-electron chi connectivity index (χ1n) is 10.2. The van der Waals surface area contributed by atoms with Crippen LogP contribution in [-0.2, 0) is 9.84 Å². The zero-order chi connectivity index (χ0) is 22.3. The lowest BCUT2D eigenvalue weighted by molar-refractivity contribution is 0.310. The summed E-state index contributed by atoms with van der Waals surface area (Å²) in [5.74, 6) is 0.512. The predicted octanol–water partition coefficient (Wildman–Crippen LogP) is 3.46. The second-order valence-corrected chi connectivity index (χ2v) is 10.0. The van der Waals surface area contributed by atoms with Crippen molar-refractivity contribution in [1.82, 2.24) is 19.9 Å². The molecule has 0 bridgehead atoms. The number of fused-ring (bicyclic) bond motifs is 1. The van der Waals surface area contributed by atoms with Gasteiger partial charge in [-0.25, -0.2) is 23.4 Å². The van der Waals surface area contributed by atoms with Crippen LogP contribution in [0.15, 0.2) is 52.5 Å². The molecule has 0 spiro atoms. The number of nitriles is 1. The van der Waals surface area contributed by atoms with Gasteiger partial charge in [-0.3, -0.25) is 0 Å². The Balaban J connectivity index is 1.32. The van der Waals surface area contributed by atoms with Crippen molar-refractivity contribution in [3.63, 3.8) is 0 Å². The number of H-pyrrole nitrogens is 1. The number of aryl methyl sites for hydroxylation is 1. The third-order valence-electron chi connectivity index (χ3n) is 5.66. The number of anilines is 1. The maximum Gasteiger partial charge on any atom is 0.229 e. The first-order valence-corrected chi connectivity index (χ1v) is 11.8. The van der Waals surface area contributed by atoms with Gasteiger partial charge in [-0.15, -0.1) is 0 Å². The van der Waals surface area contributed by atoms with E-state index in [9.17, 15) is 8.42 Å². The number of pyridine rings is 2. The van der Waals surface area contributed by atoms with Gasteiger partial charge in [-0.05, 0) is 43.9 Å². The Kier molecular flexibility index (Phi) is 4.90. The van der Waals surface area contributed by atoms with Crippen molar-refractivity contribution in [1.29, 1.82) is 5.26 Å². The van der Waals surface area contributed by atoms with E-state index >= 15 is 0 Å². The summed E-state index contributed by atoms with van der Waals surface area (Å²) >= 11 is 0. The lowest BCUT2D eigenvalue weighted by Gasteiger charge is -2.36. The molecule has 0 unspecified atom stereocenters. The van der Waals surface area contributed by atoms with Crippen molar-refractivity contribution in [2.24, 2.45) is 5.92 Å². The van der Waals surface area contributed by atoms with Gasteiger partial charge in [0.05, 0.1) is 34.3 Å². The molecular formula is C22H20N6O3S. The molecule has 0 aromatic carbocycles. The fraction of sp³-hybridized carbons (Fsp3) is 0.273. The van der Waals surface area contributed by atoms with E-state index in [4.69, 9.17) is 9.68 Å². The number of nitrogens with zero attached hydrogens (tertiary/aromatic N) is 4. The van der Waals surface area contributed by atoms with Crippen LogP contribution in [0.4, 0.5) is 5.69 Å². The van der Waals surface area contributed by atoms with E-state index in [0.29, 0.717) is 18.7 Å². The highest BCUT2D eigenvalue weighted by atomic mass is 32.2. The van der Waals surface area contributed by atoms with Gasteiger partial charge in [-0.1, -0.05) is 0 Å². The maximum atomic E-state index is 12.7. The van der Waals surface area contributed by atoms with Crippen LogP contribution in [0.3, 0.4) is 0 Å². The first-order chi connectivity index (χ1) is 15.4. The number of sulfone groups is 1. The van der Waals surface area contributed by atoms with Crippen molar-refractivity contribution in [3.8, 4) is 17.5 Å². The second-order valence-electron chi connectivity index (χ2n) is 8.04. The Morgan fingerprint density at radius 2 is 2.16 bits per heavy atom. The zero-order valence-corrected chi connectivity index (χ0v) is 18.1. The van der Waals surface area contributed by atoms with Crippen molar-refractivity contribution in [3.05, 3.63) is 54.3 Å². The highest BCUT2D eigenvalue weighted by Crippen LogP contribution is 2.38. The molecule has 5 rings (SSSR count). The number of aromatic nitrogens is 4. The van der Waals surface area contributed by atoms with E-state index in [1.165, 1.54) is 18.3 Å². The third kappa shape index (κ3) is 3.71. The van der Waals surface area contributed by atoms with Crippen LogP contribution in [0.25, 0.3) is 22.5 Å². The minimum Gasteiger partial charge on any atom is -0.444 e. The number of hydrogen-bond donors (Lipinski definition) is 2. The largest absolute Gasteiger partial charge is 0.444 e. The van der Waals surface area contributed by atoms with Gasteiger partial charge in [0, 0.05) is 30.0 Å². The van der Waals surface area contributed by atoms with E-state index in [0.717, 1.165) is 28.0 Å². The Labute approximate surface area is 184 Å². The molecule has 0 amide bonds. The minimum atomic E-state index is -3.55. The summed E-state index contributed by atoms with van der Waals surface area (Å²) in [6.45, 7) is 1.86. The van der Waals surface area contributed by atoms with Gasteiger partial charge in [0.15, 0.2) is 14.9 Å². The molecule has 1 saturated carbocycles. The minimum absolute atomic E-state index is 0.00869. The maximum absolute atomic E-state index is 12.7. The van der Waals surface area contributed by atoms with Gasteiger partial charge < -0.3 is 14.7 Å². The third-order valence-corrected chi connectivity index (χ3v) is 7.43. The van der Waals surface area contributed by atoms with Gasteiger partial charge in [0.2, 0.25) is 5.89 Å². The summed E-state index contributed by atoms with van der Waals surface area (Å²) in [5, 5.41) is 13.4. The molecule has 2 N–H and O–H groups in total. The van der Waals surface area contributed by atoms with Gasteiger partial charge >= 0.3 is 0 Å². The molecule has 162 valence electrons. The van der Waals surface area contributed by atoms with Crippen LogP contribution >= 0.6 is 0 Å². The number of hydrogen-bond acceptors (Lipinski definition) is 8. The normalized spacial score (nSPS) is 18.2. The van der Waals surface area contributed by atoms with Gasteiger partial charge in [-0.2, -0.15) is 5.26 Å². The van der Waals surface area contributed by atoms with Crippen LogP contribution in [-0.4, -0.2) is 40.1 Å². The molecule has 4 heterocycles. The van der Waals surface area contributed by atoms with Crippen molar-refractivity contribution < 1.29 is 12.8 Å². The number of rotatable bonds is 6. The smallest absolute Gasteiger partial charge is 0.229 e. The first kappa shape index (κ1) is 20.2. The van der Waals surface area contributed by atoms with Gasteiger partial charge in [0.25, 0.3) is 0 Å². The summed E-state index contributed by atoms with van der Waals surface area (Å²) in [4.78, 5) is 15.9. The number of aromatic amines is 1.